The van der Waals surface area contributed by atoms with Crippen LogP contribution in [-0.4, -0.2) is 38.1 Å². The van der Waals surface area contributed by atoms with Crippen LogP contribution in [0.1, 0.15) is 90.9 Å². The molecule has 5 heteroatoms. The van der Waals surface area contributed by atoms with Crippen LogP contribution in [0.2, 0.25) is 0 Å². The fourth-order valence-corrected chi connectivity index (χ4v) is 4.17. The van der Waals surface area contributed by atoms with E-state index in [1.165, 1.54) is 77.0 Å². The summed E-state index contributed by atoms with van der Waals surface area (Å²) in [6, 6.07) is 0. The number of likely N-dealkylation sites (N-methyl/N-ethyl adjacent to an activating group) is 1. The van der Waals surface area contributed by atoms with Crippen molar-refractivity contribution in [1.29, 1.82) is 0 Å². The van der Waals surface area contributed by atoms with E-state index in [1.54, 1.807) is 0 Å². The van der Waals surface area contributed by atoms with Gasteiger partial charge in [0.2, 0.25) is 0 Å². The molecule has 0 saturated carbocycles. The highest BCUT2D eigenvalue weighted by atomic mass is 31.0. The average molecular weight is 397 g/mol. The van der Waals surface area contributed by atoms with Crippen molar-refractivity contribution in [3.05, 3.63) is 20.2 Å². The first kappa shape index (κ1) is 24.3. The molecule has 0 aliphatic heterocycles. The van der Waals surface area contributed by atoms with E-state index in [-0.39, 0.29) is 10.6 Å². The molecule has 1 rings (SSSR count). The Kier molecular flexibility index (Phi) is 13.7. The van der Waals surface area contributed by atoms with E-state index < -0.39 is 0 Å². The van der Waals surface area contributed by atoms with Crippen LogP contribution in [0.5, 0.6) is 0 Å². The topological polar surface area (TPSA) is 40.6 Å². The summed E-state index contributed by atoms with van der Waals surface area (Å²) in [5, 5.41) is -0.257. The third-order valence-corrected chi connectivity index (χ3v) is 6.54. The van der Waals surface area contributed by atoms with Gasteiger partial charge in [-0.25, -0.2) is 0 Å². The lowest BCUT2D eigenvalue weighted by molar-refractivity contribution is 0.266. The zero-order valence-electron chi connectivity index (χ0n) is 18.0. The van der Waals surface area contributed by atoms with Gasteiger partial charge in [-0.2, -0.15) is 0 Å². The first-order chi connectivity index (χ1) is 13.1. The molecule has 0 bridgehead atoms. The molecule has 156 valence electrons. The molecule has 0 amide bonds. The molecule has 0 radical (unpaired) electrons. The van der Waals surface area contributed by atoms with E-state index in [4.69, 9.17) is 0 Å². The van der Waals surface area contributed by atoms with Crippen LogP contribution in [0.25, 0.3) is 0 Å². The first-order valence-electron chi connectivity index (χ1n) is 11.2. The summed E-state index contributed by atoms with van der Waals surface area (Å²) in [4.78, 5) is 27.3. The molecule has 1 heterocycles. The normalized spacial score (nSPS) is 11.9. The Morgan fingerprint density at radius 3 is 1.59 bits per heavy atom. The maximum Gasteiger partial charge on any atom is 0.258 e. The lowest BCUT2D eigenvalue weighted by Crippen LogP contribution is -2.39. The number of hydrogen-bond acceptors (Lipinski definition) is 4. The number of unbranched alkanes of at least 4 members (excludes halogenated alkanes) is 10. The van der Waals surface area contributed by atoms with Gasteiger partial charge in [-0.3, -0.25) is 9.59 Å². The highest BCUT2D eigenvalue weighted by Gasteiger charge is 2.15. The third kappa shape index (κ3) is 10.4. The van der Waals surface area contributed by atoms with Crippen LogP contribution in [0.15, 0.2) is 9.59 Å². The molecular formula is C22H41N2O2P. The molecule has 1 aromatic rings. The Balaban J connectivity index is 2.31. The van der Waals surface area contributed by atoms with Gasteiger partial charge >= 0.3 is 0 Å². The summed E-state index contributed by atoms with van der Waals surface area (Å²) in [5.41, 5.74) is 0.400. The third-order valence-electron chi connectivity index (χ3n) is 5.37. The van der Waals surface area contributed by atoms with E-state index >= 15 is 0 Å². The highest BCUT2D eigenvalue weighted by Crippen LogP contribution is 2.16. The van der Waals surface area contributed by atoms with E-state index in [2.05, 4.69) is 18.7 Å². The minimum absolute atomic E-state index is 0.257. The second-order valence-corrected chi connectivity index (χ2v) is 8.92. The summed E-state index contributed by atoms with van der Waals surface area (Å²) < 4.78 is 0. The van der Waals surface area contributed by atoms with Crippen molar-refractivity contribution in [2.75, 3.05) is 38.1 Å². The summed E-state index contributed by atoms with van der Waals surface area (Å²) in [7, 11) is 2.53. The minimum Gasteiger partial charge on any atom is -0.366 e. The van der Waals surface area contributed by atoms with Crippen LogP contribution >= 0.6 is 8.19 Å². The Morgan fingerprint density at radius 1 is 0.667 bits per heavy atom. The lowest BCUT2D eigenvalue weighted by atomic mass is 10.1. The van der Waals surface area contributed by atoms with Crippen LogP contribution < -0.4 is 15.5 Å². The first-order valence-corrected chi connectivity index (χ1v) is 12.1. The average Bonchev–Trinajstić information content (AvgIpc) is 2.68. The molecular weight excluding hydrogens is 355 g/mol. The predicted octanol–water partition coefficient (Wildman–Crippen LogP) is 5.32. The molecule has 1 aromatic heterocycles. The number of anilines is 1. The van der Waals surface area contributed by atoms with Crippen molar-refractivity contribution >= 4 is 13.6 Å². The second-order valence-electron chi connectivity index (χ2n) is 7.87. The second kappa shape index (κ2) is 15.2. The molecule has 0 fully saturated rings. The van der Waals surface area contributed by atoms with Gasteiger partial charge in [0, 0.05) is 28.3 Å². The van der Waals surface area contributed by atoms with Gasteiger partial charge in [0.1, 0.15) is 5.42 Å². The Labute approximate surface area is 168 Å². The molecule has 0 aliphatic carbocycles. The Bertz CT molecular complexity index is 538. The molecule has 0 aromatic carbocycles. The Hall–Kier alpha value is -0.730. The van der Waals surface area contributed by atoms with Crippen molar-refractivity contribution in [3.63, 3.8) is 0 Å². The minimum atomic E-state index is -0.280. The van der Waals surface area contributed by atoms with E-state index in [9.17, 15) is 9.59 Å². The van der Waals surface area contributed by atoms with Gasteiger partial charge in [-0.1, -0.05) is 78.1 Å². The van der Waals surface area contributed by atoms with Crippen molar-refractivity contribution in [2.24, 2.45) is 0 Å². The maximum atomic E-state index is 11.6. The molecule has 0 N–H and O–H groups in total. The fourth-order valence-electron chi connectivity index (χ4n) is 3.46. The highest BCUT2D eigenvalue weighted by molar-refractivity contribution is 7.34. The SMILES string of the molecule is CCCCCCCCN(CCCCCCCC)CCN(C)c1pc(=O)c1=O. The largest absolute Gasteiger partial charge is 0.366 e. The standard InChI is InChI=1S/C22H41N2O2P/c1-4-6-8-10-12-14-16-24(17-15-13-11-9-7-5-2)19-18-23(3)21-20(25)22(26)27-21/h4-19H2,1-3H3. The van der Waals surface area contributed by atoms with Gasteiger partial charge in [-0.15, -0.1) is 0 Å². The molecule has 4 nitrogen and oxygen atoms in total. The zero-order chi connectivity index (χ0) is 19.9. The van der Waals surface area contributed by atoms with E-state index in [0.29, 0.717) is 13.6 Å². The summed E-state index contributed by atoms with van der Waals surface area (Å²) in [5.74, 6) is 0. The van der Waals surface area contributed by atoms with Crippen LogP contribution in [0, 0.1) is 0 Å². The monoisotopic (exact) mass is 396 g/mol. The van der Waals surface area contributed by atoms with Gasteiger partial charge in [0.15, 0.2) is 0 Å². The number of hydrogen-bond donors (Lipinski definition) is 0. The molecule has 0 saturated heterocycles. The van der Waals surface area contributed by atoms with Crippen LogP contribution in [0.4, 0.5) is 5.42 Å². The Morgan fingerprint density at radius 2 is 1.15 bits per heavy atom. The number of rotatable bonds is 18. The molecule has 0 atom stereocenters. The van der Waals surface area contributed by atoms with E-state index in [0.717, 1.165) is 26.2 Å². The van der Waals surface area contributed by atoms with Crippen molar-refractivity contribution in [1.82, 2.24) is 4.90 Å². The van der Waals surface area contributed by atoms with Crippen molar-refractivity contribution < 1.29 is 0 Å². The van der Waals surface area contributed by atoms with Gasteiger partial charge < -0.3 is 9.80 Å². The molecule has 27 heavy (non-hydrogen) atoms. The smallest absolute Gasteiger partial charge is 0.258 e. The molecule has 0 unspecified atom stereocenters. The molecule has 0 spiro atoms. The van der Waals surface area contributed by atoms with Crippen molar-refractivity contribution in [2.45, 2.75) is 90.9 Å². The maximum absolute atomic E-state index is 11.6. The zero-order valence-corrected chi connectivity index (χ0v) is 18.9. The van der Waals surface area contributed by atoms with Gasteiger partial charge in [0.05, 0.1) is 0 Å². The predicted molar refractivity (Wildman–Crippen MR) is 120 cm³/mol. The molecule has 0 aliphatic rings. The van der Waals surface area contributed by atoms with Crippen LogP contribution in [-0.2, 0) is 0 Å². The quantitative estimate of drug-likeness (QED) is 0.249. The van der Waals surface area contributed by atoms with Crippen molar-refractivity contribution in [3.8, 4) is 0 Å². The summed E-state index contributed by atoms with van der Waals surface area (Å²) in [6.45, 7) is 8.67. The number of nitrogens with zero attached hydrogens (tertiary/aromatic N) is 2. The van der Waals surface area contributed by atoms with Crippen LogP contribution in [0.3, 0.4) is 0 Å². The van der Waals surface area contributed by atoms with E-state index in [1.807, 2.05) is 11.9 Å². The van der Waals surface area contributed by atoms with Gasteiger partial charge in [-0.05, 0) is 25.9 Å². The summed E-state index contributed by atoms with van der Waals surface area (Å²) in [6.07, 6.45) is 16.0. The summed E-state index contributed by atoms with van der Waals surface area (Å²) >= 11 is 0. The van der Waals surface area contributed by atoms with Gasteiger partial charge in [0.25, 0.3) is 10.6 Å². The fraction of sp³-hybridized carbons (Fsp3) is 0.864. The lowest BCUT2D eigenvalue weighted by Gasteiger charge is -2.26.